The van der Waals surface area contributed by atoms with Crippen LogP contribution in [-0.2, 0) is 10.9 Å². The average Bonchev–Trinajstić information content (AvgIpc) is 2.18. The van der Waals surface area contributed by atoms with E-state index < -0.39 is 10.9 Å². The minimum Gasteiger partial charge on any atom is -0.359 e. The van der Waals surface area contributed by atoms with Gasteiger partial charge in [0.2, 0.25) is 10.9 Å². The Balaban J connectivity index is 3.01. The van der Waals surface area contributed by atoms with Gasteiger partial charge in [-0.05, 0) is 13.8 Å². The van der Waals surface area contributed by atoms with Crippen LogP contribution in [0.4, 0.5) is 5.69 Å². The predicted molar refractivity (Wildman–Crippen MR) is 39.9 cm³/mol. The molecule has 0 aliphatic heterocycles. The Morgan fingerprint density at radius 3 is 2.45 bits per heavy atom. The molecule has 0 fully saturated rings. The number of aryl methyl sites for hydroxylation is 2. The van der Waals surface area contributed by atoms with Crippen LogP contribution >= 0.6 is 0 Å². The molecule has 0 atom stereocenters. The number of nitrogens with one attached hydrogen (secondary N) is 1. The first-order valence-electron chi connectivity index (χ1n) is 2.95. The molecule has 62 valence electrons. The third-order valence-corrected chi connectivity index (χ3v) is 1.64. The number of aromatic nitrogens is 1. The molecule has 11 heavy (non-hydrogen) atoms. The molecule has 0 saturated carbocycles. The van der Waals surface area contributed by atoms with E-state index in [-0.39, 0.29) is 0 Å². The Kier molecular flexibility index (Phi) is 2.13. The molecule has 6 heteroatoms. The summed E-state index contributed by atoms with van der Waals surface area (Å²) in [7, 11) is -2.63. The van der Waals surface area contributed by atoms with Gasteiger partial charge >= 0.3 is 0 Å². The molecule has 1 aromatic rings. The molecule has 0 aliphatic rings. The summed E-state index contributed by atoms with van der Waals surface area (Å²) in [5.74, 6) is 0.474. The van der Waals surface area contributed by atoms with Gasteiger partial charge in [0.1, 0.15) is 11.4 Å². The highest BCUT2D eigenvalue weighted by Crippen LogP contribution is 2.17. The van der Waals surface area contributed by atoms with Gasteiger partial charge in [0, 0.05) is 0 Å². The van der Waals surface area contributed by atoms with Crippen LogP contribution in [0.3, 0.4) is 0 Å². The molecule has 0 aliphatic carbocycles. The number of nitrogens with zero attached hydrogens (tertiary/aromatic N) is 1. The van der Waals surface area contributed by atoms with Gasteiger partial charge in [0.15, 0.2) is 5.76 Å². The van der Waals surface area contributed by atoms with E-state index in [1.54, 1.807) is 13.8 Å². The molecule has 5 nitrogen and oxygen atoms in total. The number of hydrogen-bond donors (Lipinski definition) is 2. The zero-order chi connectivity index (χ0) is 8.43. The van der Waals surface area contributed by atoms with Crippen molar-refractivity contribution in [3.05, 3.63) is 11.5 Å². The molecule has 0 bridgehead atoms. The Bertz CT molecular complexity index is 301. The first-order chi connectivity index (χ1) is 5.11. The van der Waals surface area contributed by atoms with Gasteiger partial charge in [-0.2, -0.15) is 0 Å². The normalized spacial score (nSPS) is 10.5. The number of anilines is 1. The van der Waals surface area contributed by atoms with E-state index in [0.717, 1.165) is 0 Å². The first-order valence-corrected chi connectivity index (χ1v) is 4.13. The van der Waals surface area contributed by atoms with E-state index in [9.17, 15) is 8.42 Å². The van der Waals surface area contributed by atoms with E-state index in [4.69, 9.17) is 4.52 Å². The summed E-state index contributed by atoms with van der Waals surface area (Å²) in [6.45, 7) is 3.30. The van der Waals surface area contributed by atoms with Crippen LogP contribution in [0, 0.1) is 13.8 Å². The highest BCUT2D eigenvalue weighted by molar-refractivity contribution is 7.73. The Morgan fingerprint density at radius 2 is 2.09 bits per heavy atom. The van der Waals surface area contributed by atoms with Crippen LogP contribution in [-0.4, -0.2) is 13.6 Å². The molecule has 1 N–H and O–H groups in total. The van der Waals surface area contributed by atoms with E-state index >= 15 is 0 Å². The number of hydrogen-bond acceptors (Lipinski definition) is 4. The minimum atomic E-state index is -2.63. The van der Waals surface area contributed by atoms with Crippen molar-refractivity contribution in [2.45, 2.75) is 13.8 Å². The topological polar surface area (TPSA) is 72.2 Å². The highest BCUT2D eigenvalue weighted by Gasteiger charge is 2.07. The minimum absolute atomic E-state index is 0.432. The summed E-state index contributed by atoms with van der Waals surface area (Å²) in [5.41, 5.74) is 0.975. The third kappa shape index (κ3) is 1.70. The Morgan fingerprint density at radius 1 is 1.45 bits per heavy atom. The van der Waals surface area contributed by atoms with Crippen LogP contribution in [0.25, 0.3) is 0 Å². The molecule has 0 aromatic carbocycles. The molecule has 0 spiro atoms. The number of rotatable bonds is 2. The molecular weight excluding hydrogens is 168 g/mol. The van der Waals surface area contributed by atoms with E-state index in [1.165, 1.54) is 0 Å². The van der Waals surface area contributed by atoms with Crippen molar-refractivity contribution in [1.82, 2.24) is 5.16 Å². The van der Waals surface area contributed by atoms with Gasteiger partial charge in [-0.1, -0.05) is 5.16 Å². The van der Waals surface area contributed by atoms with Crippen LogP contribution < -0.4 is 4.72 Å². The molecule has 1 rings (SSSR count). The second kappa shape index (κ2) is 2.91. The van der Waals surface area contributed by atoms with Crippen LogP contribution in [0.2, 0.25) is 0 Å². The fraction of sp³-hybridized carbons (Fsp3) is 0.400. The first kappa shape index (κ1) is 8.06. The summed E-state index contributed by atoms with van der Waals surface area (Å²) in [5, 5.41) is 3.56. The van der Waals surface area contributed by atoms with Crippen LogP contribution in [0.15, 0.2) is 4.52 Å². The molecule has 0 amide bonds. The fourth-order valence-corrected chi connectivity index (χ4v) is 1.24. The van der Waals surface area contributed by atoms with Crippen LogP contribution in [0.5, 0.6) is 0 Å². The van der Waals surface area contributed by atoms with Gasteiger partial charge < -0.3 is 4.52 Å². The summed E-state index contributed by atoms with van der Waals surface area (Å²) in [6.07, 6.45) is 0. The largest absolute Gasteiger partial charge is 0.359 e. The molecule has 0 unspecified atom stereocenters. The van der Waals surface area contributed by atoms with Crippen molar-refractivity contribution in [2.75, 3.05) is 4.72 Å². The van der Waals surface area contributed by atoms with Gasteiger partial charge in [0.25, 0.3) is 0 Å². The SMILES string of the molecule is Cc1noc(C)c1N[SH](=O)=O. The van der Waals surface area contributed by atoms with Crippen molar-refractivity contribution >= 4 is 16.6 Å². The average molecular weight is 176 g/mol. The lowest BCUT2D eigenvalue weighted by molar-refractivity contribution is 0.393. The smallest absolute Gasteiger partial charge is 0.222 e. The maximum absolute atomic E-state index is 10.2. The quantitative estimate of drug-likeness (QED) is 0.633. The van der Waals surface area contributed by atoms with Crippen molar-refractivity contribution in [2.24, 2.45) is 0 Å². The lowest BCUT2D eigenvalue weighted by Gasteiger charge is -1.93. The summed E-state index contributed by atoms with van der Waals surface area (Å²) in [4.78, 5) is 0. The summed E-state index contributed by atoms with van der Waals surface area (Å²) in [6, 6.07) is 0. The van der Waals surface area contributed by atoms with Crippen molar-refractivity contribution in [3.8, 4) is 0 Å². The predicted octanol–water partition coefficient (Wildman–Crippen LogP) is 0.230. The van der Waals surface area contributed by atoms with E-state index in [2.05, 4.69) is 9.88 Å². The fourth-order valence-electron chi connectivity index (χ4n) is 0.734. The summed E-state index contributed by atoms with van der Waals surface area (Å²) < 4.78 is 27.4. The Labute approximate surface area is 65.5 Å². The standard InChI is InChI=1S/C5H8N2O3S/c1-3-5(7-11(8)9)4(2)10-6-3/h11H,1-2H3,(H,7,8,9). The molecule has 0 radical (unpaired) electrons. The maximum atomic E-state index is 10.2. The zero-order valence-corrected chi connectivity index (χ0v) is 7.01. The van der Waals surface area contributed by atoms with Gasteiger partial charge in [0.05, 0.1) is 0 Å². The molecule has 1 aromatic heterocycles. The summed E-state index contributed by atoms with van der Waals surface area (Å²) >= 11 is 0. The highest BCUT2D eigenvalue weighted by atomic mass is 32.2. The second-order valence-electron chi connectivity index (χ2n) is 2.07. The Hall–Kier alpha value is -1.04. The molecule has 1 heterocycles. The zero-order valence-electron chi connectivity index (χ0n) is 6.12. The monoisotopic (exact) mass is 176 g/mol. The van der Waals surface area contributed by atoms with Crippen molar-refractivity contribution in [1.29, 1.82) is 0 Å². The van der Waals surface area contributed by atoms with Gasteiger partial charge in [-0.25, -0.2) is 8.42 Å². The van der Waals surface area contributed by atoms with Crippen LogP contribution in [0.1, 0.15) is 11.5 Å². The van der Waals surface area contributed by atoms with E-state index in [1.807, 2.05) is 0 Å². The van der Waals surface area contributed by atoms with Gasteiger partial charge in [-0.3, -0.25) is 4.72 Å². The van der Waals surface area contributed by atoms with Crippen molar-refractivity contribution < 1.29 is 12.9 Å². The second-order valence-corrected chi connectivity index (χ2v) is 2.81. The van der Waals surface area contributed by atoms with Gasteiger partial charge in [-0.15, -0.1) is 0 Å². The molecule has 0 saturated heterocycles. The number of thiol groups is 1. The lowest BCUT2D eigenvalue weighted by atomic mass is 10.3. The van der Waals surface area contributed by atoms with E-state index in [0.29, 0.717) is 17.1 Å². The lowest BCUT2D eigenvalue weighted by Crippen LogP contribution is -1.96. The third-order valence-electron chi connectivity index (χ3n) is 1.24. The maximum Gasteiger partial charge on any atom is 0.222 e. The molecular formula is C5H8N2O3S. The van der Waals surface area contributed by atoms with Crippen molar-refractivity contribution in [3.63, 3.8) is 0 Å².